The first-order chi connectivity index (χ1) is 14.6. The number of nitrogens with one attached hydrogen (secondary N) is 1. The van der Waals surface area contributed by atoms with Gasteiger partial charge in [0, 0.05) is 32.2 Å². The molecule has 0 radical (unpaired) electrons. The second-order valence-electron chi connectivity index (χ2n) is 6.89. The Bertz CT molecular complexity index is 1210. The van der Waals surface area contributed by atoms with Gasteiger partial charge in [0.15, 0.2) is 0 Å². The molecule has 0 aliphatic carbocycles. The third-order valence-corrected chi connectivity index (χ3v) is 5.05. The third-order valence-electron chi connectivity index (χ3n) is 5.05. The molecule has 0 unspecified atom stereocenters. The largest absolute Gasteiger partial charge is 0.340 e. The highest BCUT2D eigenvalue weighted by atomic mass is 16.6. The minimum absolute atomic E-state index is 0.000466. The first-order valence-corrected chi connectivity index (χ1v) is 9.64. The Kier molecular flexibility index (Phi) is 5.45. The van der Waals surface area contributed by atoms with Crippen molar-refractivity contribution in [3.63, 3.8) is 0 Å². The average Bonchev–Trinajstić information content (AvgIpc) is 3.14. The Labute approximate surface area is 172 Å². The number of hydrogen-bond acceptors (Lipinski definition) is 7. The van der Waals surface area contributed by atoms with Crippen LogP contribution in [0.3, 0.4) is 0 Å². The highest BCUT2D eigenvalue weighted by Gasteiger charge is 2.22. The van der Waals surface area contributed by atoms with E-state index in [1.807, 2.05) is 4.57 Å². The van der Waals surface area contributed by atoms with E-state index >= 15 is 0 Å². The van der Waals surface area contributed by atoms with Crippen LogP contribution in [0.2, 0.25) is 0 Å². The molecule has 1 fully saturated rings. The molecule has 2 aromatic heterocycles. The van der Waals surface area contributed by atoms with Crippen molar-refractivity contribution < 1.29 is 4.92 Å². The number of rotatable bonds is 5. The van der Waals surface area contributed by atoms with Crippen LogP contribution < -0.4 is 15.8 Å². The van der Waals surface area contributed by atoms with Crippen molar-refractivity contribution in [3.8, 4) is 11.8 Å². The lowest BCUT2D eigenvalue weighted by Crippen LogP contribution is -2.44. The highest BCUT2D eigenvalue weighted by Crippen LogP contribution is 2.21. The van der Waals surface area contributed by atoms with Crippen molar-refractivity contribution in [2.75, 3.05) is 31.1 Å². The van der Waals surface area contributed by atoms with Gasteiger partial charge >= 0.3 is 0 Å². The number of hydrogen-bond donors (Lipinski definition) is 1. The maximum absolute atomic E-state index is 13.3. The number of piperazine rings is 1. The standard InChI is InChI=1S/C20H21N7O3/c1-2-3-10-25-18-16(23-20(25)24-11-8-21-9-12-24)13-22-26(19(18)28)14-15-6-4-5-7-17(15)27(29)30/h4-7,13,21H,8-12,14H2,1H3. The molecule has 0 amide bonds. The van der Waals surface area contributed by atoms with E-state index in [0.29, 0.717) is 29.1 Å². The van der Waals surface area contributed by atoms with Crippen LogP contribution in [0, 0.1) is 22.0 Å². The van der Waals surface area contributed by atoms with Crippen molar-refractivity contribution in [1.29, 1.82) is 0 Å². The van der Waals surface area contributed by atoms with Gasteiger partial charge in [-0.1, -0.05) is 24.1 Å². The average molecular weight is 407 g/mol. The molecule has 3 heterocycles. The van der Waals surface area contributed by atoms with Gasteiger partial charge in [-0.05, 0) is 6.92 Å². The summed E-state index contributed by atoms with van der Waals surface area (Å²) in [6.07, 6.45) is 1.53. The fraction of sp³-hybridized carbons (Fsp3) is 0.350. The molecule has 0 bridgehead atoms. The fourth-order valence-corrected chi connectivity index (χ4v) is 3.58. The van der Waals surface area contributed by atoms with Gasteiger partial charge in [-0.15, -0.1) is 5.92 Å². The summed E-state index contributed by atoms with van der Waals surface area (Å²) < 4.78 is 3.06. The number of nitro benzene ring substituents is 1. The summed E-state index contributed by atoms with van der Waals surface area (Å²) in [5.74, 6) is 6.57. The summed E-state index contributed by atoms with van der Waals surface area (Å²) in [5.41, 5.74) is 0.916. The van der Waals surface area contributed by atoms with Crippen LogP contribution in [-0.2, 0) is 13.1 Å². The molecule has 3 aromatic rings. The van der Waals surface area contributed by atoms with Gasteiger partial charge in [-0.25, -0.2) is 9.67 Å². The Balaban J connectivity index is 1.82. The highest BCUT2D eigenvalue weighted by molar-refractivity contribution is 5.77. The van der Waals surface area contributed by atoms with Crippen LogP contribution in [0.25, 0.3) is 11.0 Å². The Morgan fingerprint density at radius 2 is 2.03 bits per heavy atom. The molecule has 4 rings (SSSR count). The molecule has 1 saturated heterocycles. The number of anilines is 1. The van der Waals surface area contributed by atoms with Crippen LogP contribution in [0.15, 0.2) is 35.3 Å². The Morgan fingerprint density at radius 3 is 2.77 bits per heavy atom. The predicted octanol–water partition coefficient (Wildman–Crippen LogP) is 0.982. The van der Waals surface area contributed by atoms with Gasteiger partial charge in [0.2, 0.25) is 5.95 Å². The van der Waals surface area contributed by atoms with Crippen LogP contribution in [0.4, 0.5) is 11.6 Å². The van der Waals surface area contributed by atoms with Crippen molar-refractivity contribution >= 4 is 22.7 Å². The number of fused-ring (bicyclic) bond motifs is 1. The van der Waals surface area contributed by atoms with E-state index in [2.05, 4.69) is 32.1 Å². The van der Waals surface area contributed by atoms with E-state index in [0.717, 1.165) is 26.2 Å². The summed E-state index contributed by atoms with van der Waals surface area (Å²) in [6.45, 7) is 5.31. The lowest BCUT2D eigenvalue weighted by Gasteiger charge is -2.28. The van der Waals surface area contributed by atoms with Crippen molar-refractivity contribution in [2.24, 2.45) is 0 Å². The molecule has 0 atom stereocenters. The summed E-state index contributed by atoms with van der Waals surface area (Å²) in [5, 5.41) is 18.8. The van der Waals surface area contributed by atoms with E-state index in [4.69, 9.17) is 0 Å². The van der Waals surface area contributed by atoms with E-state index in [1.54, 1.807) is 25.1 Å². The number of benzene rings is 1. The number of nitro groups is 1. The number of aromatic nitrogens is 4. The molecule has 1 aliphatic rings. The first-order valence-electron chi connectivity index (χ1n) is 9.64. The van der Waals surface area contributed by atoms with Crippen molar-refractivity contribution in [3.05, 3.63) is 56.5 Å². The molecule has 1 aliphatic heterocycles. The zero-order chi connectivity index (χ0) is 21.1. The summed E-state index contributed by atoms with van der Waals surface area (Å²) in [6, 6.07) is 6.35. The van der Waals surface area contributed by atoms with Gasteiger partial charge < -0.3 is 10.2 Å². The fourth-order valence-electron chi connectivity index (χ4n) is 3.58. The zero-order valence-corrected chi connectivity index (χ0v) is 16.5. The van der Waals surface area contributed by atoms with E-state index in [1.165, 1.54) is 16.9 Å². The van der Waals surface area contributed by atoms with Gasteiger partial charge in [0.05, 0.1) is 29.8 Å². The van der Waals surface area contributed by atoms with Gasteiger partial charge in [0.25, 0.3) is 11.2 Å². The molecule has 10 nitrogen and oxygen atoms in total. The smallest absolute Gasteiger partial charge is 0.293 e. The molecule has 0 saturated carbocycles. The third kappa shape index (κ3) is 3.62. The van der Waals surface area contributed by atoms with Crippen molar-refractivity contribution in [1.82, 2.24) is 24.6 Å². The predicted molar refractivity (Wildman–Crippen MR) is 113 cm³/mol. The SMILES string of the molecule is CC#CCn1c(N2CCNCC2)nc2cnn(Cc3ccccc3[N+](=O)[O-])c(=O)c21. The number of imidazole rings is 1. The topological polar surface area (TPSA) is 111 Å². The molecular formula is C20H21N7O3. The van der Waals surface area contributed by atoms with Crippen LogP contribution in [-0.4, -0.2) is 50.4 Å². The normalized spacial score (nSPS) is 13.8. The van der Waals surface area contributed by atoms with E-state index < -0.39 is 4.92 Å². The summed E-state index contributed by atoms with van der Waals surface area (Å²) in [4.78, 5) is 30.9. The second kappa shape index (κ2) is 8.34. The zero-order valence-electron chi connectivity index (χ0n) is 16.5. The minimum Gasteiger partial charge on any atom is -0.340 e. The molecule has 1 N–H and O–H groups in total. The second-order valence-corrected chi connectivity index (χ2v) is 6.89. The van der Waals surface area contributed by atoms with Crippen LogP contribution >= 0.6 is 0 Å². The molecule has 10 heteroatoms. The van der Waals surface area contributed by atoms with Gasteiger partial charge in [-0.2, -0.15) is 5.10 Å². The van der Waals surface area contributed by atoms with Gasteiger partial charge in [-0.3, -0.25) is 19.5 Å². The monoisotopic (exact) mass is 407 g/mol. The lowest BCUT2D eigenvalue weighted by atomic mass is 10.2. The molecule has 30 heavy (non-hydrogen) atoms. The molecule has 1 aromatic carbocycles. The van der Waals surface area contributed by atoms with Crippen molar-refractivity contribution in [2.45, 2.75) is 20.0 Å². The Morgan fingerprint density at radius 1 is 1.27 bits per heavy atom. The van der Waals surface area contributed by atoms with Crippen LogP contribution in [0.1, 0.15) is 12.5 Å². The summed E-state index contributed by atoms with van der Waals surface area (Å²) in [7, 11) is 0. The quantitative estimate of drug-likeness (QED) is 0.381. The number of para-hydroxylation sites is 1. The maximum Gasteiger partial charge on any atom is 0.293 e. The lowest BCUT2D eigenvalue weighted by molar-refractivity contribution is -0.385. The maximum atomic E-state index is 13.3. The number of nitrogens with zero attached hydrogens (tertiary/aromatic N) is 6. The molecule has 154 valence electrons. The molecule has 0 spiro atoms. The summed E-state index contributed by atoms with van der Waals surface area (Å²) >= 11 is 0. The first kappa shape index (κ1) is 19.6. The minimum atomic E-state index is -0.456. The van der Waals surface area contributed by atoms with E-state index in [-0.39, 0.29) is 17.8 Å². The Hall–Kier alpha value is -3.71. The molecular weight excluding hydrogens is 386 g/mol. The van der Waals surface area contributed by atoms with Gasteiger partial charge in [0.1, 0.15) is 11.0 Å². The van der Waals surface area contributed by atoms with E-state index in [9.17, 15) is 14.9 Å². The van der Waals surface area contributed by atoms with Crippen LogP contribution in [0.5, 0.6) is 0 Å².